The number of anilines is 1. The topological polar surface area (TPSA) is 65.5 Å². The maximum absolute atomic E-state index is 11.1. The second kappa shape index (κ2) is 7.74. The van der Waals surface area contributed by atoms with Crippen molar-refractivity contribution in [3.05, 3.63) is 23.4 Å². The highest BCUT2D eigenvalue weighted by molar-refractivity contribution is 5.88. The lowest BCUT2D eigenvalue weighted by molar-refractivity contribution is 0.0696. The van der Waals surface area contributed by atoms with Gasteiger partial charge in [-0.15, -0.1) is 0 Å². The fourth-order valence-electron chi connectivity index (χ4n) is 1.72. The first kappa shape index (κ1) is 15.4. The van der Waals surface area contributed by atoms with E-state index in [1.54, 1.807) is 12.1 Å². The molecule has 0 aliphatic heterocycles. The third-order valence-corrected chi connectivity index (χ3v) is 2.97. The van der Waals surface area contributed by atoms with E-state index in [9.17, 15) is 4.79 Å². The molecule has 0 unspecified atom stereocenters. The number of pyridine rings is 1. The summed E-state index contributed by atoms with van der Waals surface area (Å²) in [7, 11) is 2.05. The van der Waals surface area contributed by atoms with E-state index in [1.807, 2.05) is 7.05 Å². The van der Waals surface area contributed by atoms with Crippen molar-refractivity contribution in [2.24, 2.45) is 0 Å². The Morgan fingerprint density at radius 3 is 2.74 bits per heavy atom. The summed E-state index contributed by atoms with van der Waals surface area (Å²) in [4.78, 5) is 17.7. The Kier molecular flexibility index (Phi) is 6.29. The number of likely N-dealkylation sites (N-methyl/N-ethyl adjacent to an activating group) is 1. The van der Waals surface area contributed by atoms with Gasteiger partial charge >= 0.3 is 5.97 Å². The Morgan fingerprint density at radius 1 is 1.42 bits per heavy atom. The molecule has 0 amide bonds. The van der Waals surface area contributed by atoms with E-state index in [-0.39, 0.29) is 0 Å². The van der Waals surface area contributed by atoms with Crippen molar-refractivity contribution < 1.29 is 9.90 Å². The Morgan fingerprint density at radius 2 is 2.16 bits per heavy atom. The van der Waals surface area contributed by atoms with Gasteiger partial charge in [-0.25, -0.2) is 9.78 Å². The molecule has 1 aromatic heterocycles. The van der Waals surface area contributed by atoms with Crippen molar-refractivity contribution in [3.8, 4) is 0 Å². The van der Waals surface area contributed by atoms with Gasteiger partial charge in [-0.05, 0) is 32.1 Å². The molecule has 2 N–H and O–H groups in total. The van der Waals surface area contributed by atoms with Gasteiger partial charge in [0.25, 0.3) is 0 Å². The molecule has 0 saturated carbocycles. The molecule has 0 bridgehead atoms. The summed E-state index contributed by atoms with van der Waals surface area (Å²) < 4.78 is 0. The van der Waals surface area contributed by atoms with E-state index < -0.39 is 5.97 Å². The molecule has 1 rings (SSSR count). The quantitative estimate of drug-likeness (QED) is 0.753. The zero-order valence-corrected chi connectivity index (χ0v) is 11.9. The number of rotatable bonds is 8. The van der Waals surface area contributed by atoms with E-state index >= 15 is 0 Å². The Labute approximate surface area is 114 Å². The molecular weight excluding hydrogens is 242 g/mol. The number of aromatic nitrogens is 1. The zero-order valence-electron chi connectivity index (χ0n) is 11.9. The molecule has 0 aromatic carbocycles. The summed E-state index contributed by atoms with van der Waals surface area (Å²) >= 11 is 0. The van der Waals surface area contributed by atoms with Crippen LogP contribution in [0.1, 0.15) is 36.3 Å². The molecule has 0 fully saturated rings. The van der Waals surface area contributed by atoms with Crippen molar-refractivity contribution in [1.29, 1.82) is 0 Å². The van der Waals surface area contributed by atoms with Gasteiger partial charge in [0.2, 0.25) is 0 Å². The van der Waals surface area contributed by atoms with Crippen LogP contribution in [0.2, 0.25) is 0 Å². The average Bonchev–Trinajstić information content (AvgIpc) is 2.38. The molecule has 19 heavy (non-hydrogen) atoms. The highest BCUT2D eigenvalue weighted by atomic mass is 16.4. The minimum absolute atomic E-state index is 0.296. The van der Waals surface area contributed by atoms with Gasteiger partial charge in [0.05, 0.1) is 5.56 Å². The van der Waals surface area contributed by atoms with Crippen LogP contribution in [0, 0.1) is 0 Å². The summed E-state index contributed by atoms with van der Waals surface area (Å²) in [6, 6.07) is 3.24. The number of aryl methyl sites for hydroxylation is 1. The first-order valence-electron chi connectivity index (χ1n) is 6.73. The Balaban J connectivity index is 2.73. The van der Waals surface area contributed by atoms with Crippen LogP contribution < -0.4 is 5.32 Å². The minimum atomic E-state index is -0.909. The molecule has 1 heterocycles. The van der Waals surface area contributed by atoms with Crippen molar-refractivity contribution >= 4 is 11.8 Å². The second-order valence-corrected chi connectivity index (χ2v) is 4.61. The summed E-state index contributed by atoms with van der Waals surface area (Å²) in [6.45, 7) is 6.80. The number of nitrogens with zero attached hydrogens (tertiary/aromatic N) is 2. The van der Waals surface area contributed by atoms with Gasteiger partial charge < -0.3 is 15.3 Å². The van der Waals surface area contributed by atoms with Gasteiger partial charge in [0, 0.05) is 18.8 Å². The van der Waals surface area contributed by atoms with Gasteiger partial charge in [-0.2, -0.15) is 0 Å². The first-order valence-corrected chi connectivity index (χ1v) is 6.73. The van der Waals surface area contributed by atoms with Gasteiger partial charge in [0.1, 0.15) is 5.82 Å². The maximum atomic E-state index is 11.1. The molecule has 1 aromatic rings. The molecule has 0 spiro atoms. The summed E-state index contributed by atoms with van der Waals surface area (Å²) in [5.41, 5.74) is 1.12. The van der Waals surface area contributed by atoms with Gasteiger partial charge in [-0.3, -0.25) is 0 Å². The highest BCUT2D eigenvalue weighted by Crippen LogP contribution is 2.12. The molecule has 0 saturated heterocycles. The Bertz CT molecular complexity index is 421. The van der Waals surface area contributed by atoms with E-state index in [4.69, 9.17) is 5.11 Å². The van der Waals surface area contributed by atoms with Crippen LogP contribution in [-0.4, -0.2) is 47.6 Å². The fourth-order valence-corrected chi connectivity index (χ4v) is 1.72. The van der Waals surface area contributed by atoms with Gasteiger partial charge in [-0.1, -0.05) is 20.3 Å². The largest absolute Gasteiger partial charge is 0.478 e. The molecule has 0 radical (unpaired) electrons. The van der Waals surface area contributed by atoms with Crippen LogP contribution in [0.25, 0.3) is 0 Å². The standard InChI is InChI=1S/C14H23N3O2/c1-4-6-12-9-11(14(18)19)10-13(16-12)15-7-8-17(3)5-2/h9-10H,4-8H2,1-3H3,(H,15,16)(H,18,19). The van der Waals surface area contributed by atoms with Crippen molar-refractivity contribution in [2.75, 3.05) is 32.0 Å². The van der Waals surface area contributed by atoms with E-state index in [0.717, 1.165) is 38.2 Å². The van der Waals surface area contributed by atoms with Gasteiger partial charge in [0.15, 0.2) is 0 Å². The number of carboxylic acids is 1. The van der Waals surface area contributed by atoms with Crippen LogP contribution in [0.3, 0.4) is 0 Å². The van der Waals surface area contributed by atoms with Crippen molar-refractivity contribution in [2.45, 2.75) is 26.7 Å². The predicted molar refractivity (Wildman–Crippen MR) is 76.9 cm³/mol. The molecule has 0 atom stereocenters. The zero-order chi connectivity index (χ0) is 14.3. The van der Waals surface area contributed by atoms with Crippen LogP contribution in [0.5, 0.6) is 0 Å². The minimum Gasteiger partial charge on any atom is -0.478 e. The monoisotopic (exact) mass is 265 g/mol. The summed E-state index contributed by atoms with van der Waals surface area (Å²) in [5.74, 6) is -0.263. The molecule has 0 aliphatic carbocycles. The number of aromatic carboxylic acids is 1. The normalized spacial score (nSPS) is 10.7. The predicted octanol–water partition coefficient (Wildman–Crippen LogP) is 2.10. The molecular formula is C14H23N3O2. The number of hydrogen-bond acceptors (Lipinski definition) is 4. The summed E-state index contributed by atoms with van der Waals surface area (Å²) in [6.07, 6.45) is 1.75. The van der Waals surface area contributed by atoms with Crippen LogP contribution >= 0.6 is 0 Å². The van der Waals surface area contributed by atoms with Crippen molar-refractivity contribution in [1.82, 2.24) is 9.88 Å². The lowest BCUT2D eigenvalue weighted by atomic mass is 10.1. The van der Waals surface area contributed by atoms with Crippen molar-refractivity contribution in [3.63, 3.8) is 0 Å². The smallest absolute Gasteiger partial charge is 0.335 e. The Hall–Kier alpha value is -1.62. The molecule has 0 aliphatic rings. The summed E-state index contributed by atoms with van der Waals surface area (Å²) in [5, 5.41) is 12.3. The van der Waals surface area contributed by atoms with Crippen LogP contribution in [0.15, 0.2) is 12.1 Å². The number of hydrogen-bond donors (Lipinski definition) is 2. The van der Waals surface area contributed by atoms with E-state index in [0.29, 0.717) is 11.4 Å². The lowest BCUT2D eigenvalue weighted by Gasteiger charge is -2.15. The molecule has 106 valence electrons. The first-order chi connectivity index (χ1) is 9.06. The SMILES string of the molecule is CCCc1cc(C(=O)O)cc(NCCN(C)CC)n1. The number of nitrogens with one attached hydrogen (secondary N) is 1. The third kappa shape index (κ3) is 5.26. The highest BCUT2D eigenvalue weighted by Gasteiger charge is 2.08. The number of carbonyl (C=O) groups is 1. The van der Waals surface area contributed by atoms with Crippen LogP contribution in [-0.2, 0) is 6.42 Å². The molecule has 5 nitrogen and oxygen atoms in total. The number of carboxylic acid groups (broad SMARTS) is 1. The lowest BCUT2D eigenvalue weighted by Crippen LogP contribution is -2.25. The third-order valence-electron chi connectivity index (χ3n) is 2.97. The fraction of sp³-hybridized carbons (Fsp3) is 0.571. The van der Waals surface area contributed by atoms with Crippen LogP contribution in [0.4, 0.5) is 5.82 Å². The maximum Gasteiger partial charge on any atom is 0.335 e. The average molecular weight is 265 g/mol. The second-order valence-electron chi connectivity index (χ2n) is 4.61. The van der Waals surface area contributed by atoms with E-state index in [1.165, 1.54) is 0 Å². The van der Waals surface area contributed by atoms with E-state index in [2.05, 4.69) is 29.0 Å². The molecule has 5 heteroatoms.